The first-order valence-electron chi connectivity index (χ1n) is 12.4. The number of rotatable bonds is 5. The molecule has 6 rings (SSSR count). The van der Waals surface area contributed by atoms with E-state index in [1.807, 2.05) is 24.4 Å². The summed E-state index contributed by atoms with van der Waals surface area (Å²) < 4.78 is 41.6. The number of para-hydroxylation sites is 1. The van der Waals surface area contributed by atoms with Gasteiger partial charge in [-0.15, -0.1) is 11.3 Å². The number of alkyl halides is 3. The monoisotopic (exact) mass is 615 g/mol. The lowest BCUT2D eigenvalue weighted by molar-refractivity contribution is -0.137. The third kappa shape index (κ3) is 4.81. The number of amides is 3. The van der Waals surface area contributed by atoms with Crippen LogP contribution < -0.4 is 15.1 Å². The Bertz CT molecular complexity index is 1750. The van der Waals surface area contributed by atoms with Gasteiger partial charge in [-0.25, -0.2) is 4.90 Å². The number of carbonyl (C=O) groups excluding carboxylic acids is 3. The van der Waals surface area contributed by atoms with Crippen LogP contribution in [0.1, 0.15) is 26.8 Å². The molecule has 2 aromatic carbocycles. The highest BCUT2D eigenvalue weighted by molar-refractivity contribution is 8.00. The Labute approximate surface area is 243 Å². The standard InChI is InChI=1S/C28H20F3N3O4S3/c1-14-6-2-3-9-17(14)32-19(35)13-33-26-23(41-27(33)38)20(18-10-5-11-39-18)21-22(40-26)25(37)34(24(21)36)16-8-4-7-15(12-16)28(29,30)31/h2-12,20-22H,13H2,1H3,(H,32,35)/t20-,21?,22?/m1/s1. The van der Waals surface area contributed by atoms with E-state index in [9.17, 15) is 32.3 Å². The molecule has 1 fully saturated rings. The molecule has 41 heavy (non-hydrogen) atoms. The molecule has 1 saturated heterocycles. The molecule has 2 aromatic heterocycles. The zero-order valence-electron chi connectivity index (χ0n) is 21.2. The van der Waals surface area contributed by atoms with Crippen molar-refractivity contribution in [2.75, 3.05) is 10.2 Å². The molecule has 13 heteroatoms. The van der Waals surface area contributed by atoms with Crippen molar-refractivity contribution in [3.8, 4) is 0 Å². The molecule has 7 nitrogen and oxygen atoms in total. The minimum atomic E-state index is -4.65. The van der Waals surface area contributed by atoms with Crippen molar-refractivity contribution in [1.29, 1.82) is 0 Å². The lowest BCUT2D eigenvalue weighted by Crippen LogP contribution is -2.32. The van der Waals surface area contributed by atoms with E-state index in [0.717, 1.165) is 56.6 Å². The summed E-state index contributed by atoms with van der Waals surface area (Å²) >= 11 is 3.28. The highest BCUT2D eigenvalue weighted by Gasteiger charge is 2.57. The van der Waals surface area contributed by atoms with Gasteiger partial charge < -0.3 is 5.32 Å². The molecule has 0 aliphatic carbocycles. The third-order valence-corrected chi connectivity index (χ3v) is 10.6. The summed E-state index contributed by atoms with van der Waals surface area (Å²) in [4.78, 5) is 55.4. The quantitative estimate of drug-likeness (QED) is 0.290. The topological polar surface area (TPSA) is 88.5 Å². The predicted molar refractivity (Wildman–Crippen MR) is 152 cm³/mol. The van der Waals surface area contributed by atoms with E-state index >= 15 is 0 Å². The second kappa shape index (κ2) is 10.3. The van der Waals surface area contributed by atoms with Crippen LogP contribution in [0.25, 0.3) is 0 Å². The van der Waals surface area contributed by atoms with Gasteiger partial charge in [0.15, 0.2) is 0 Å². The molecule has 0 bridgehead atoms. The van der Waals surface area contributed by atoms with Crippen LogP contribution in [0.4, 0.5) is 24.5 Å². The second-order valence-corrected chi connectivity index (χ2v) is 12.7. The highest BCUT2D eigenvalue weighted by atomic mass is 32.2. The van der Waals surface area contributed by atoms with Gasteiger partial charge in [-0.05, 0) is 48.2 Å². The molecule has 4 aromatic rings. The summed E-state index contributed by atoms with van der Waals surface area (Å²) in [7, 11) is 0. The molecule has 0 saturated carbocycles. The molecule has 0 spiro atoms. The number of thioether (sulfide) groups is 1. The van der Waals surface area contributed by atoms with Crippen molar-refractivity contribution in [2.45, 2.75) is 35.8 Å². The third-order valence-electron chi connectivity index (χ3n) is 7.05. The van der Waals surface area contributed by atoms with Gasteiger partial charge in [0.2, 0.25) is 17.7 Å². The molecule has 210 valence electrons. The normalized spacial score (nSPS) is 20.2. The number of hydrogen-bond donors (Lipinski definition) is 1. The summed E-state index contributed by atoms with van der Waals surface area (Å²) in [6, 6.07) is 14.9. The lowest BCUT2D eigenvalue weighted by Gasteiger charge is -2.29. The number of aromatic nitrogens is 1. The number of anilines is 2. The van der Waals surface area contributed by atoms with Crippen LogP contribution >= 0.6 is 34.4 Å². The average Bonchev–Trinajstić information content (AvgIpc) is 3.62. The lowest BCUT2D eigenvalue weighted by atomic mass is 9.87. The number of hydrogen-bond acceptors (Lipinski definition) is 7. The van der Waals surface area contributed by atoms with E-state index in [0.29, 0.717) is 15.6 Å². The Balaban J connectivity index is 1.39. The molecule has 2 aliphatic rings. The fraction of sp³-hybridized carbons (Fsp3) is 0.214. The number of nitrogens with one attached hydrogen (secondary N) is 1. The summed E-state index contributed by atoms with van der Waals surface area (Å²) in [5, 5.41) is 4.04. The number of thiophene rings is 1. The van der Waals surface area contributed by atoms with Crippen LogP contribution in [0.5, 0.6) is 0 Å². The van der Waals surface area contributed by atoms with Gasteiger partial charge in [-0.1, -0.05) is 53.4 Å². The van der Waals surface area contributed by atoms with Crippen LogP contribution in [0.3, 0.4) is 0 Å². The number of benzene rings is 2. The van der Waals surface area contributed by atoms with Crippen LogP contribution in [0.15, 0.2) is 75.9 Å². The number of imide groups is 1. The summed E-state index contributed by atoms with van der Waals surface area (Å²) in [6.07, 6.45) is -4.65. The molecule has 4 heterocycles. The maximum atomic E-state index is 13.8. The fourth-order valence-electron chi connectivity index (χ4n) is 5.15. The minimum absolute atomic E-state index is 0.159. The zero-order valence-corrected chi connectivity index (χ0v) is 23.6. The predicted octanol–water partition coefficient (Wildman–Crippen LogP) is 5.73. The number of thiazole rings is 1. The minimum Gasteiger partial charge on any atom is -0.324 e. The van der Waals surface area contributed by atoms with Crippen molar-refractivity contribution >= 4 is 63.5 Å². The van der Waals surface area contributed by atoms with E-state index in [1.54, 1.807) is 24.3 Å². The summed E-state index contributed by atoms with van der Waals surface area (Å²) in [5.74, 6) is -3.31. The molecule has 2 aliphatic heterocycles. The zero-order chi connectivity index (χ0) is 29.1. The molecule has 0 radical (unpaired) electrons. The molecular weight excluding hydrogens is 596 g/mol. The van der Waals surface area contributed by atoms with E-state index in [4.69, 9.17) is 0 Å². The smallest absolute Gasteiger partial charge is 0.324 e. The van der Waals surface area contributed by atoms with Crippen LogP contribution in [0.2, 0.25) is 0 Å². The van der Waals surface area contributed by atoms with Gasteiger partial charge >= 0.3 is 11.0 Å². The molecule has 3 atom stereocenters. The van der Waals surface area contributed by atoms with E-state index < -0.39 is 51.4 Å². The van der Waals surface area contributed by atoms with Crippen molar-refractivity contribution in [3.05, 3.63) is 96.6 Å². The Kier molecular flexibility index (Phi) is 6.91. The summed E-state index contributed by atoms with van der Waals surface area (Å²) in [5.41, 5.74) is 0.320. The number of carbonyl (C=O) groups is 3. The van der Waals surface area contributed by atoms with Crippen LogP contribution in [-0.2, 0) is 27.1 Å². The van der Waals surface area contributed by atoms with Crippen molar-refractivity contribution in [1.82, 2.24) is 4.57 Å². The largest absolute Gasteiger partial charge is 0.416 e. The first-order chi connectivity index (χ1) is 19.5. The van der Waals surface area contributed by atoms with E-state index in [-0.39, 0.29) is 12.2 Å². The Morgan fingerprint density at radius 2 is 1.78 bits per heavy atom. The van der Waals surface area contributed by atoms with Crippen molar-refractivity contribution in [3.63, 3.8) is 0 Å². The van der Waals surface area contributed by atoms with Gasteiger partial charge in [0.05, 0.1) is 22.2 Å². The number of aryl methyl sites for hydroxylation is 1. The number of nitrogens with zero attached hydrogens (tertiary/aromatic N) is 2. The second-order valence-electron chi connectivity index (χ2n) is 9.60. The Morgan fingerprint density at radius 1 is 1.00 bits per heavy atom. The van der Waals surface area contributed by atoms with Gasteiger partial charge in [0, 0.05) is 21.4 Å². The van der Waals surface area contributed by atoms with E-state index in [2.05, 4.69) is 5.32 Å². The van der Waals surface area contributed by atoms with Crippen molar-refractivity contribution < 1.29 is 27.6 Å². The molecular formula is C28H20F3N3O4S3. The first-order valence-corrected chi connectivity index (χ1v) is 15.0. The molecule has 3 amide bonds. The van der Waals surface area contributed by atoms with E-state index in [1.165, 1.54) is 22.0 Å². The Morgan fingerprint density at radius 3 is 2.49 bits per heavy atom. The number of fused-ring (bicyclic) bond motifs is 2. The Hall–Kier alpha value is -3.68. The van der Waals surface area contributed by atoms with Gasteiger partial charge in [0.1, 0.15) is 11.8 Å². The molecule has 2 unspecified atom stereocenters. The fourth-order valence-corrected chi connectivity index (χ4v) is 8.87. The van der Waals surface area contributed by atoms with Crippen LogP contribution in [-0.4, -0.2) is 27.5 Å². The highest BCUT2D eigenvalue weighted by Crippen LogP contribution is 2.54. The number of halogens is 3. The van der Waals surface area contributed by atoms with Gasteiger partial charge in [-0.2, -0.15) is 13.2 Å². The average molecular weight is 616 g/mol. The maximum Gasteiger partial charge on any atom is 0.416 e. The molecule has 1 N–H and O–H groups in total. The maximum absolute atomic E-state index is 13.8. The van der Waals surface area contributed by atoms with Crippen LogP contribution in [0, 0.1) is 12.8 Å². The van der Waals surface area contributed by atoms with Gasteiger partial charge in [-0.3, -0.25) is 23.7 Å². The first kappa shape index (κ1) is 27.5. The SMILES string of the molecule is Cc1ccccc1NC(=O)Cn1c2c(sc1=O)[C@H](c1cccs1)C1C(=O)N(c3cccc(C(F)(F)F)c3)C(=O)C1S2. The van der Waals surface area contributed by atoms with Gasteiger partial charge in [0.25, 0.3) is 0 Å². The van der Waals surface area contributed by atoms with Crippen molar-refractivity contribution in [2.24, 2.45) is 5.92 Å². The summed E-state index contributed by atoms with van der Waals surface area (Å²) in [6.45, 7) is 1.54.